The first kappa shape index (κ1) is 45.6. The molecule has 6 nitrogen and oxygen atoms in total. The molecule has 1 aromatic rings. The van der Waals surface area contributed by atoms with Crippen LogP contribution in [-0.2, 0) is 10.0 Å². The van der Waals surface area contributed by atoms with E-state index in [9.17, 15) is 18.5 Å². The minimum absolute atomic E-state index is 0.0367. The molecule has 0 aromatic heterocycles. The van der Waals surface area contributed by atoms with E-state index in [1.54, 1.807) is 4.31 Å². The number of hydrogen-bond donors (Lipinski definition) is 0. The number of hydrogen-bond acceptors (Lipinski definition) is 4. The van der Waals surface area contributed by atoms with Gasteiger partial charge in [0.2, 0.25) is 10.0 Å². The van der Waals surface area contributed by atoms with Crippen LogP contribution < -0.4 is 0 Å². The van der Waals surface area contributed by atoms with E-state index in [-0.39, 0.29) is 10.6 Å². The summed E-state index contributed by atoms with van der Waals surface area (Å²) in [5.41, 5.74) is -0.175. The fourth-order valence-electron chi connectivity index (χ4n) is 6.93. The van der Waals surface area contributed by atoms with Gasteiger partial charge >= 0.3 is 0 Å². The third-order valence-corrected chi connectivity index (χ3v) is 12.1. The van der Waals surface area contributed by atoms with Crippen LogP contribution >= 0.6 is 0 Å². The van der Waals surface area contributed by atoms with Crippen LogP contribution in [0.15, 0.2) is 29.2 Å². The van der Waals surface area contributed by atoms with E-state index in [1.807, 2.05) is 0 Å². The summed E-state index contributed by atoms with van der Waals surface area (Å²) in [6.07, 6.45) is 41.2. The van der Waals surface area contributed by atoms with E-state index in [4.69, 9.17) is 0 Å². The quantitative estimate of drug-likeness (QED) is 0.0392. The summed E-state index contributed by atoms with van der Waals surface area (Å²) in [5.74, 6) is 0. The van der Waals surface area contributed by atoms with Gasteiger partial charge in [0.05, 0.1) is 9.82 Å². The maximum absolute atomic E-state index is 13.6. The zero-order valence-electron chi connectivity index (χ0n) is 32.3. The Kier molecular flexibility index (Phi) is 30.2. The second-order valence-corrected chi connectivity index (χ2v) is 16.7. The number of benzene rings is 1. The molecular weight excluding hydrogens is 629 g/mol. The van der Waals surface area contributed by atoms with Crippen molar-refractivity contribution < 1.29 is 13.3 Å². The van der Waals surface area contributed by atoms with Crippen LogP contribution in [-0.4, -0.2) is 30.7 Å². The lowest BCUT2D eigenvalue weighted by Gasteiger charge is -2.22. The van der Waals surface area contributed by atoms with Crippen molar-refractivity contribution in [2.75, 3.05) is 13.1 Å². The second-order valence-electron chi connectivity index (χ2n) is 14.8. The van der Waals surface area contributed by atoms with Gasteiger partial charge in [0.15, 0.2) is 0 Å². The number of rotatable bonds is 37. The fraction of sp³-hybridized carbons (Fsp3) is 0.857. The lowest BCUT2D eigenvalue weighted by atomic mass is 10.0. The molecule has 0 N–H and O–H groups in total. The zero-order chi connectivity index (χ0) is 35.7. The largest absolute Gasteiger partial charge is 0.270 e. The Morgan fingerprint density at radius 3 is 1.06 bits per heavy atom. The maximum atomic E-state index is 13.6. The molecule has 0 unspecified atom stereocenters. The average molecular weight is 707 g/mol. The van der Waals surface area contributed by atoms with Gasteiger partial charge in [0.25, 0.3) is 5.69 Å². The van der Waals surface area contributed by atoms with Crippen molar-refractivity contribution in [3.8, 4) is 0 Å². The van der Waals surface area contributed by atoms with Crippen LogP contribution in [0.5, 0.6) is 0 Å². The summed E-state index contributed by atoms with van der Waals surface area (Å²) < 4.78 is 28.8. The van der Waals surface area contributed by atoms with Crippen LogP contribution in [0.25, 0.3) is 0 Å². The number of non-ortho nitro benzene ring substituents is 1. The van der Waals surface area contributed by atoms with Crippen LogP contribution in [0.4, 0.5) is 5.69 Å². The highest BCUT2D eigenvalue weighted by atomic mass is 32.2. The predicted molar refractivity (Wildman–Crippen MR) is 211 cm³/mol. The van der Waals surface area contributed by atoms with E-state index in [0.29, 0.717) is 13.1 Å². The number of unbranched alkanes of at least 4 members (excludes halogenated alkanes) is 30. The molecule has 0 heterocycles. The maximum Gasteiger partial charge on any atom is 0.270 e. The van der Waals surface area contributed by atoms with E-state index in [1.165, 1.54) is 191 Å². The second kappa shape index (κ2) is 32.4. The minimum atomic E-state index is -3.77. The van der Waals surface area contributed by atoms with E-state index < -0.39 is 14.9 Å². The normalized spacial score (nSPS) is 11.9. The van der Waals surface area contributed by atoms with Gasteiger partial charge in [-0.2, -0.15) is 4.31 Å². The zero-order valence-corrected chi connectivity index (χ0v) is 33.1. The molecule has 49 heavy (non-hydrogen) atoms. The molecule has 0 amide bonds. The monoisotopic (exact) mass is 707 g/mol. The molecule has 0 radical (unpaired) electrons. The lowest BCUT2D eigenvalue weighted by molar-refractivity contribution is -0.385. The average Bonchev–Trinajstić information content (AvgIpc) is 3.10. The van der Waals surface area contributed by atoms with Crippen molar-refractivity contribution in [3.63, 3.8) is 0 Å². The molecule has 0 saturated heterocycles. The molecule has 0 aliphatic rings. The van der Waals surface area contributed by atoms with Gasteiger partial charge in [0.1, 0.15) is 0 Å². The third kappa shape index (κ3) is 25.2. The van der Waals surface area contributed by atoms with Crippen molar-refractivity contribution in [1.82, 2.24) is 4.31 Å². The summed E-state index contributed by atoms with van der Waals surface area (Å²) >= 11 is 0. The first-order chi connectivity index (χ1) is 23.9. The molecule has 0 atom stereocenters. The van der Waals surface area contributed by atoms with Gasteiger partial charge < -0.3 is 0 Å². The summed E-state index contributed by atoms with van der Waals surface area (Å²) in [4.78, 5) is 10.8. The molecule has 0 bridgehead atoms. The first-order valence-corrected chi connectivity index (χ1v) is 22.6. The summed E-state index contributed by atoms with van der Waals surface area (Å²) in [6, 6.07) is 5.54. The Hall–Kier alpha value is -1.47. The summed E-state index contributed by atoms with van der Waals surface area (Å²) in [5, 5.41) is 11.3. The Morgan fingerprint density at radius 2 is 0.776 bits per heavy atom. The Labute approximate surface area is 304 Å². The van der Waals surface area contributed by atoms with Crippen molar-refractivity contribution in [2.24, 2.45) is 0 Å². The highest BCUT2D eigenvalue weighted by Crippen LogP contribution is 2.23. The van der Waals surface area contributed by atoms with Gasteiger partial charge in [-0.15, -0.1) is 0 Å². The Balaban J connectivity index is 2.28. The molecule has 0 aliphatic heterocycles. The van der Waals surface area contributed by atoms with Crippen molar-refractivity contribution in [1.29, 1.82) is 0 Å². The highest BCUT2D eigenvalue weighted by Gasteiger charge is 2.25. The van der Waals surface area contributed by atoms with Crippen LogP contribution in [0.1, 0.15) is 219 Å². The predicted octanol–water partition coefficient (Wildman–Crippen LogP) is 14.1. The third-order valence-electron chi connectivity index (χ3n) is 10.2. The van der Waals surface area contributed by atoms with Crippen LogP contribution in [0.2, 0.25) is 0 Å². The van der Waals surface area contributed by atoms with Crippen LogP contribution in [0.3, 0.4) is 0 Å². The molecular formula is C42H78N2O4S. The summed E-state index contributed by atoms with van der Waals surface area (Å²) in [6.45, 7) is 5.52. The molecule has 286 valence electrons. The Bertz CT molecular complexity index is 964. The molecule has 7 heteroatoms. The smallest absolute Gasteiger partial charge is 0.258 e. The molecule has 0 aliphatic carbocycles. The fourth-order valence-corrected chi connectivity index (χ4v) is 8.49. The van der Waals surface area contributed by atoms with Gasteiger partial charge in [0, 0.05) is 25.2 Å². The summed E-state index contributed by atoms with van der Waals surface area (Å²) in [7, 11) is -3.77. The molecule has 1 rings (SSSR count). The number of sulfonamides is 1. The standard InChI is InChI=1S/C42H78N2O4S/c1-3-5-7-9-11-13-15-17-19-21-23-25-27-29-31-33-38-43(49(47,48)42-37-35-36-41(40-42)44(45)46)39-34-32-30-28-26-24-22-20-18-16-14-12-10-8-6-4-2/h35-37,40H,3-34,38-39H2,1-2H3. The number of nitro groups is 1. The molecule has 0 saturated carbocycles. The highest BCUT2D eigenvalue weighted by molar-refractivity contribution is 7.89. The van der Waals surface area contributed by atoms with E-state index in [0.717, 1.165) is 38.5 Å². The van der Waals surface area contributed by atoms with Gasteiger partial charge in [-0.3, -0.25) is 10.1 Å². The van der Waals surface area contributed by atoms with Gasteiger partial charge in [-0.05, 0) is 18.9 Å². The van der Waals surface area contributed by atoms with Crippen molar-refractivity contribution in [3.05, 3.63) is 34.4 Å². The van der Waals surface area contributed by atoms with Crippen LogP contribution in [0, 0.1) is 10.1 Å². The molecule has 0 fully saturated rings. The van der Waals surface area contributed by atoms with E-state index in [2.05, 4.69) is 13.8 Å². The number of nitro benzene ring substituents is 1. The van der Waals surface area contributed by atoms with Crippen molar-refractivity contribution in [2.45, 2.75) is 224 Å². The van der Waals surface area contributed by atoms with Crippen molar-refractivity contribution >= 4 is 15.7 Å². The molecule has 1 aromatic carbocycles. The number of nitrogens with zero attached hydrogens (tertiary/aromatic N) is 2. The van der Waals surface area contributed by atoms with E-state index >= 15 is 0 Å². The van der Waals surface area contributed by atoms with Gasteiger partial charge in [-0.25, -0.2) is 8.42 Å². The van der Waals surface area contributed by atoms with Gasteiger partial charge in [-0.1, -0.05) is 213 Å². The first-order valence-electron chi connectivity index (χ1n) is 21.2. The lowest BCUT2D eigenvalue weighted by Crippen LogP contribution is -2.33. The SMILES string of the molecule is CCCCCCCCCCCCCCCCCCN(CCCCCCCCCCCCCCCCCC)S(=O)(=O)c1cccc([N+](=O)[O-])c1. The topological polar surface area (TPSA) is 80.5 Å². The molecule has 0 spiro atoms. The minimum Gasteiger partial charge on any atom is -0.258 e. The Morgan fingerprint density at radius 1 is 0.490 bits per heavy atom.